The number of nitrogens with zero attached hydrogens (tertiary/aromatic N) is 2. The SMILES string of the molecule is CN(Cc1ccc(Cl)nc1)C(=O)CCNS(=O)(=O)c1cccc(Br)c1. The van der Waals surface area contributed by atoms with Gasteiger partial charge in [0.15, 0.2) is 0 Å². The average Bonchev–Trinajstić information content (AvgIpc) is 2.56. The maximum atomic E-state index is 12.2. The number of rotatable bonds is 7. The number of pyridine rings is 1. The third-order valence-corrected chi connectivity index (χ3v) is 5.55. The van der Waals surface area contributed by atoms with Gasteiger partial charge in [-0.05, 0) is 29.8 Å². The summed E-state index contributed by atoms with van der Waals surface area (Å²) >= 11 is 8.96. The third kappa shape index (κ3) is 6.07. The largest absolute Gasteiger partial charge is 0.341 e. The van der Waals surface area contributed by atoms with Gasteiger partial charge in [0.05, 0.1) is 4.90 Å². The van der Waals surface area contributed by atoms with Crippen LogP contribution in [0, 0.1) is 0 Å². The van der Waals surface area contributed by atoms with Crippen LogP contribution in [0.4, 0.5) is 0 Å². The number of sulfonamides is 1. The molecular formula is C16H17BrClN3O3S. The van der Waals surface area contributed by atoms with E-state index >= 15 is 0 Å². The lowest BCUT2D eigenvalue weighted by Gasteiger charge is -2.17. The van der Waals surface area contributed by atoms with Crippen molar-refractivity contribution in [1.29, 1.82) is 0 Å². The highest BCUT2D eigenvalue weighted by atomic mass is 79.9. The van der Waals surface area contributed by atoms with E-state index in [1.807, 2.05) is 0 Å². The van der Waals surface area contributed by atoms with Crippen LogP contribution in [0.2, 0.25) is 5.15 Å². The molecule has 9 heteroatoms. The van der Waals surface area contributed by atoms with Crippen LogP contribution in [0.5, 0.6) is 0 Å². The molecule has 2 aromatic rings. The molecule has 0 aliphatic carbocycles. The van der Waals surface area contributed by atoms with Crippen molar-refractivity contribution in [2.45, 2.75) is 17.9 Å². The second-order valence-corrected chi connectivity index (χ2v) is 8.41. The van der Waals surface area contributed by atoms with Gasteiger partial charge in [-0.15, -0.1) is 0 Å². The summed E-state index contributed by atoms with van der Waals surface area (Å²) in [6.07, 6.45) is 1.66. The molecule has 2 rings (SSSR count). The standard InChI is InChI=1S/C16H17BrClN3O3S/c1-21(11-12-5-6-15(18)19-10-12)16(22)7-8-20-25(23,24)14-4-2-3-13(17)9-14/h2-6,9-10,20H,7-8,11H2,1H3. The van der Waals surface area contributed by atoms with Gasteiger partial charge in [0.1, 0.15) is 5.15 Å². The third-order valence-electron chi connectivity index (χ3n) is 3.37. The topological polar surface area (TPSA) is 79.4 Å². The molecule has 0 aliphatic rings. The zero-order valence-corrected chi connectivity index (χ0v) is 16.6. The molecule has 1 amide bonds. The van der Waals surface area contributed by atoms with Crippen molar-refractivity contribution in [3.8, 4) is 0 Å². The fourth-order valence-corrected chi connectivity index (χ4v) is 3.80. The molecule has 0 aliphatic heterocycles. The quantitative estimate of drug-likeness (QED) is 0.663. The van der Waals surface area contributed by atoms with Crippen LogP contribution < -0.4 is 4.72 Å². The molecule has 0 spiro atoms. The highest BCUT2D eigenvalue weighted by molar-refractivity contribution is 9.10. The molecule has 0 saturated carbocycles. The van der Waals surface area contributed by atoms with Crippen molar-refractivity contribution >= 4 is 43.5 Å². The Bertz CT molecular complexity index is 844. The van der Waals surface area contributed by atoms with Gasteiger partial charge < -0.3 is 4.90 Å². The fraction of sp³-hybridized carbons (Fsp3) is 0.250. The Labute approximate surface area is 160 Å². The predicted octanol–water partition coefficient (Wildman–Crippen LogP) is 2.82. The van der Waals surface area contributed by atoms with Crippen molar-refractivity contribution < 1.29 is 13.2 Å². The Morgan fingerprint density at radius 3 is 2.72 bits per heavy atom. The molecule has 134 valence electrons. The molecular weight excluding hydrogens is 430 g/mol. The Morgan fingerprint density at radius 1 is 1.32 bits per heavy atom. The fourth-order valence-electron chi connectivity index (χ4n) is 2.06. The van der Waals surface area contributed by atoms with Crippen molar-refractivity contribution in [1.82, 2.24) is 14.6 Å². The first-order chi connectivity index (χ1) is 11.8. The van der Waals surface area contributed by atoms with Gasteiger partial charge in [-0.3, -0.25) is 4.79 Å². The number of carbonyl (C=O) groups excluding carboxylic acids is 1. The molecule has 6 nitrogen and oxygen atoms in total. The van der Waals surface area contributed by atoms with Gasteiger partial charge in [-0.1, -0.05) is 39.7 Å². The van der Waals surface area contributed by atoms with Crippen molar-refractivity contribution in [2.24, 2.45) is 0 Å². The number of halogens is 2. The monoisotopic (exact) mass is 445 g/mol. The van der Waals surface area contributed by atoms with E-state index in [2.05, 4.69) is 25.6 Å². The van der Waals surface area contributed by atoms with Crippen molar-refractivity contribution in [3.05, 3.63) is 57.8 Å². The van der Waals surface area contributed by atoms with Crippen LogP contribution in [-0.2, 0) is 21.4 Å². The lowest BCUT2D eigenvalue weighted by molar-refractivity contribution is -0.130. The Morgan fingerprint density at radius 2 is 2.08 bits per heavy atom. The van der Waals surface area contributed by atoms with Gasteiger partial charge in [0, 0.05) is 37.2 Å². The number of hydrogen-bond donors (Lipinski definition) is 1. The summed E-state index contributed by atoms with van der Waals surface area (Å²) in [5.74, 6) is -0.174. The Balaban J connectivity index is 1.86. The second kappa shape index (κ2) is 8.75. The first-order valence-corrected chi connectivity index (χ1v) is 10.0. The molecule has 1 aromatic carbocycles. The zero-order valence-electron chi connectivity index (χ0n) is 13.4. The molecule has 0 bridgehead atoms. The van der Waals surface area contributed by atoms with Gasteiger partial charge in [-0.25, -0.2) is 18.1 Å². The average molecular weight is 447 g/mol. The summed E-state index contributed by atoms with van der Waals surface area (Å²) in [7, 11) is -1.99. The number of hydrogen-bond acceptors (Lipinski definition) is 4. The number of benzene rings is 1. The Hall–Kier alpha value is -1.48. The predicted molar refractivity (Wildman–Crippen MR) is 99.7 cm³/mol. The summed E-state index contributed by atoms with van der Waals surface area (Å²) in [6.45, 7) is 0.401. The van der Waals surface area contributed by atoms with E-state index in [1.54, 1.807) is 37.5 Å². The summed E-state index contributed by atoms with van der Waals surface area (Å²) in [5, 5.41) is 0.389. The maximum absolute atomic E-state index is 12.2. The number of carbonyl (C=O) groups is 1. The lowest BCUT2D eigenvalue weighted by atomic mass is 10.2. The van der Waals surface area contributed by atoms with E-state index < -0.39 is 10.0 Å². The molecule has 1 aromatic heterocycles. The molecule has 0 saturated heterocycles. The summed E-state index contributed by atoms with van der Waals surface area (Å²) < 4.78 is 27.5. The molecule has 25 heavy (non-hydrogen) atoms. The smallest absolute Gasteiger partial charge is 0.240 e. The van der Waals surface area contributed by atoms with E-state index in [4.69, 9.17) is 11.6 Å². The van der Waals surface area contributed by atoms with Crippen LogP contribution in [0.25, 0.3) is 0 Å². The van der Waals surface area contributed by atoms with Crippen molar-refractivity contribution in [2.75, 3.05) is 13.6 Å². The molecule has 0 unspecified atom stereocenters. The van der Waals surface area contributed by atoms with E-state index in [9.17, 15) is 13.2 Å². The maximum Gasteiger partial charge on any atom is 0.240 e. The van der Waals surface area contributed by atoms with Gasteiger partial charge in [0.2, 0.25) is 15.9 Å². The van der Waals surface area contributed by atoms with Crippen LogP contribution in [0.3, 0.4) is 0 Å². The van der Waals surface area contributed by atoms with E-state index in [-0.39, 0.29) is 23.8 Å². The number of aromatic nitrogens is 1. The van der Waals surface area contributed by atoms with Crippen molar-refractivity contribution in [3.63, 3.8) is 0 Å². The number of amides is 1. The van der Waals surface area contributed by atoms with Crippen LogP contribution in [0.1, 0.15) is 12.0 Å². The second-order valence-electron chi connectivity index (χ2n) is 5.34. The summed E-state index contributed by atoms with van der Waals surface area (Å²) in [6, 6.07) is 9.82. The summed E-state index contributed by atoms with van der Waals surface area (Å²) in [4.78, 5) is 17.7. The molecule has 0 atom stereocenters. The summed E-state index contributed by atoms with van der Waals surface area (Å²) in [5.41, 5.74) is 0.843. The van der Waals surface area contributed by atoms with Gasteiger partial charge in [-0.2, -0.15) is 0 Å². The minimum atomic E-state index is -3.64. The first kappa shape index (κ1) is 19.8. The van der Waals surface area contributed by atoms with Gasteiger partial charge in [0.25, 0.3) is 0 Å². The van der Waals surface area contributed by atoms with Gasteiger partial charge >= 0.3 is 0 Å². The van der Waals surface area contributed by atoms with E-state index in [0.717, 1.165) is 5.56 Å². The molecule has 0 radical (unpaired) electrons. The highest BCUT2D eigenvalue weighted by Crippen LogP contribution is 2.15. The molecule has 0 fully saturated rings. The first-order valence-electron chi connectivity index (χ1n) is 7.37. The molecule has 1 N–H and O–H groups in total. The number of nitrogens with one attached hydrogen (secondary N) is 1. The van der Waals surface area contributed by atoms with E-state index in [1.165, 1.54) is 17.0 Å². The van der Waals surface area contributed by atoms with E-state index in [0.29, 0.717) is 16.2 Å². The molecule has 1 heterocycles. The van der Waals surface area contributed by atoms with Crippen LogP contribution in [-0.4, -0.2) is 37.8 Å². The highest BCUT2D eigenvalue weighted by Gasteiger charge is 2.15. The lowest BCUT2D eigenvalue weighted by Crippen LogP contribution is -2.32. The zero-order chi connectivity index (χ0) is 18.4. The van der Waals surface area contributed by atoms with Crippen LogP contribution >= 0.6 is 27.5 Å². The normalized spacial score (nSPS) is 11.3. The minimum Gasteiger partial charge on any atom is -0.341 e. The minimum absolute atomic E-state index is 0.0247. The van der Waals surface area contributed by atoms with Crippen LogP contribution in [0.15, 0.2) is 52.0 Å². The Kier molecular flexibility index (Phi) is 6.95.